The first-order valence-corrected chi connectivity index (χ1v) is 7.01. The largest absolute Gasteiger partial charge is 0.367 e. The van der Waals surface area contributed by atoms with Gasteiger partial charge in [-0.15, -0.1) is 0 Å². The van der Waals surface area contributed by atoms with E-state index >= 15 is 0 Å². The van der Waals surface area contributed by atoms with E-state index < -0.39 is 0 Å². The quantitative estimate of drug-likeness (QED) is 0.854. The van der Waals surface area contributed by atoms with Gasteiger partial charge in [0.2, 0.25) is 0 Å². The van der Waals surface area contributed by atoms with Gasteiger partial charge in [-0.3, -0.25) is 0 Å². The topological polar surface area (TPSA) is 28.2 Å². The maximum Gasteiger partial charge on any atom is 0.150 e. The molecule has 0 aromatic carbocycles. The van der Waals surface area contributed by atoms with E-state index in [1.807, 2.05) is 0 Å². The Morgan fingerprint density at radius 2 is 1.94 bits per heavy atom. The van der Waals surface area contributed by atoms with Gasteiger partial charge in [-0.05, 0) is 39.4 Å². The normalized spacial score (nSPS) is 17.7. The number of nitrogens with one attached hydrogen (secondary N) is 1. The van der Waals surface area contributed by atoms with Crippen molar-refractivity contribution in [2.45, 2.75) is 24.8 Å². The lowest BCUT2D eigenvalue weighted by molar-refractivity contribution is 0.0738. The van der Waals surface area contributed by atoms with E-state index in [0.29, 0.717) is 15.9 Å². The zero-order chi connectivity index (χ0) is 13.3. The number of anilines is 1. The van der Waals surface area contributed by atoms with Crippen molar-refractivity contribution in [1.29, 1.82) is 0 Å². The molecule has 1 aliphatic rings. The summed E-state index contributed by atoms with van der Waals surface area (Å²) in [5, 5.41) is 4.42. The van der Waals surface area contributed by atoms with Crippen LogP contribution in [0.3, 0.4) is 0 Å². The summed E-state index contributed by atoms with van der Waals surface area (Å²) < 4.78 is 0. The van der Waals surface area contributed by atoms with Crippen LogP contribution in [0.25, 0.3) is 0 Å². The summed E-state index contributed by atoms with van der Waals surface area (Å²) in [6.45, 7) is 0.810. The van der Waals surface area contributed by atoms with Gasteiger partial charge in [0.15, 0.2) is 0 Å². The Morgan fingerprint density at radius 3 is 2.44 bits per heavy atom. The van der Waals surface area contributed by atoms with Gasteiger partial charge >= 0.3 is 0 Å². The molecular weight excluding hydrogens is 293 g/mol. The summed E-state index contributed by atoms with van der Waals surface area (Å²) in [5.74, 6) is 0.596. The molecule has 0 saturated heterocycles. The molecule has 2 rings (SSSR count). The average molecular weight is 309 g/mol. The monoisotopic (exact) mass is 307 g/mol. The van der Waals surface area contributed by atoms with Crippen LogP contribution in [0.5, 0.6) is 0 Å². The van der Waals surface area contributed by atoms with E-state index in [1.165, 1.54) is 19.3 Å². The third kappa shape index (κ3) is 2.69. The Balaban J connectivity index is 2.08. The number of rotatable bonds is 4. The van der Waals surface area contributed by atoms with Gasteiger partial charge in [0.05, 0.1) is 10.0 Å². The fraction of sp³-hybridized carbons (Fsp3) is 0.583. The fourth-order valence-corrected chi connectivity index (χ4v) is 2.75. The van der Waals surface area contributed by atoms with E-state index in [0.717, 1.165) is 6.54 Å². The van der Waals surface area contributed by atoms with E-state index in [9.17, 15) is 0 Å². The lowest BCUT2D eigenvalue weighted by Crippen LogP contribution is -2.54. The number of likely N-dealkylation sites (N-methyl/N-ethyl adjacent to an activating group) is 1. The number of aromatic nitrogens is 1. The Bertz CT molecular complexity index is 444. The third-order valence-corrected chi connectivity index (χ3v) is 4.67. The molecule has 0 aliphatic heterocycles. The van der Waals surface area contributed by atoms with Gasteiger partial charge < -0.3 is 10.2 Å². The van der Waals surface area contributed by atoms with Crippen LogP contribution in [0.15, 0.2) is 6.07 Å². The van der Waals surface area contributed by atoms with Crippen molar-refractivity contribution in [2.24, 2.45) is 0 Å². The third-order valence-electron chi connectivity index (χ3n) is 3.70. The maximum absolute atomic E-state index is 6.09. The first-order valence-electron chi connectivity index (χ1n) is 5.87. The van der Waals surface area contributed by atoms with Crippen LogP contribution < -0.4 is 5.32 Å². The second kappa shape index (κ2) is 5.41. The van der Waals surface area contributed by atoms with Crippen LogP contribution >= 0.6 is 34.8 Å². The second-order valence-electron chi connectivity index (χ2n) is 4.92. The molecule has 18 heavy (non-hydrogen) atoms. The highest BCUT2D eigenvalue weighted by Gasteiger charge is 2.38. The Hall–Kier alpha value is -0.220. The van der Waals surface area contributed by atoms with Gasteiger partial charge in [-0.1, -0.05) is 34.8 Å². The zero-order valence-electron chi connectivity index (χ0n) is 10.4. The SMILES string of the molecule is CN(C)C1(CNc2nc(Cl)c(Cl)cc2Cl)CCC1. The Labute approximate surface area is 122 Å². The highest BCUT2D eigenvalue weighted by molar-refractivity contribution is 6.42. The van der Waals surface area contributed by atoms with E-state index in [2.05, 4.69) is 29.3 Å². The summed E-state index contributed by atoms with van der Waals surface area (Å²) in [4.78, 5) is 6.42. The molecule has 1 aromatic rings. The molecule has 0 amide bonds. The van der Waals surface area contributed by atoms with Crippen molar-refractivity contribution in [3.05, 3.63) is 21.3 Å². The van der Waals surface area contributed by atoms with E-state index in [1.54, 1.807) is 6.07 Å². The standard InChI is InChI=1S/C12H16Cl3N3/c1-18(2)12(4-3-5-12)7-16-11-9(14)6-8(13)10(15)17-11/h6H,3-5,7H2,1-2H3,(H,16,17). The van der Waals surface area contributed by atoms with Crippen molar-refractivity contribution in [2.75, 3.05) is 26.0 Å². The number of hydrogen-bond donors (Lipinski definition) is 1. The smallest absolute Gasteiger partial charge is 0.150 e. The molecule has 1 heterocycles. The summed E-state index contributed by atoms with van der Waals surface area (Å²) >= 11 is 17.8. The lowest BCUT2D eigenvalue weighted by atomic mass is 9.75. The minimum Gasteiger partial charge on any atom is -0.367 e. The molecule has 1 fully saturated rings. The molecule has 0 spiro atoms. The van der Waals surface area contributed by atoms with Crippen LogP contribution in [0, 0.1) is 0 Å². The number of nitrogens with zero attached hydrogens (tertiary/aromatic N) is 2. The van der Waals surface area contributed by atoms with Gasteiger partial charge in [-0.25, -0.2) is 4.98 Å². The number of hydrogen-bond acceptors (Lipinski definition) is 3. The van der Waals surface area contributed by atoms with Crippen LogP contribution in [0.4, 0.5) is 5.82 Å². The van der Waals surface area contributed by atoms with E-state index in [4.69, 9.17) is 34.8 Å². The molecule has 1 saturated carbocycles. The molecule has 0 radical (unpaired) electrons. The highest BCUT2D eigenvalue weighted by Crippen LogP contribution is 2.37. The van der Waals surface area contributed by atoms with Crippen molar-refractivity contribution in [3.8, 4) is 0 Å². The maximum atomic E-state index is 6.09. The molecule has 1 aliphatic carbocycles. The predicted octanol–water partition coefficient (Wildman–Crippen LogP) is 3.94. The van der Waals surface area contributed by atoms with Crippen molar-refractivity contribution in [1.82, 2.24) is 9.88 Å². The Kier molecular flexibility index (Phi) is 4.27. The molecule has 0 atom stereocenters. The van der Waals surface area contributed by atoms with Crippen molar-refractivity contribution < 1.29 is 0 Å². The molecule has 6 heteroatoms. The zero-order valence-corrected chi connectivity index (χ0v) is 12.7. The van der Waals surface area contributed by atoms with Crippen LogP contribution in [-0.2, 0) is 0 Å². The van der Waals surface area contributed by atoms with Crippen LogP contribution in [-0.4, -0.2) is 36.1 Å². The molecular formula is C12H16Cl3N3. The number of halogens is 3. The molecule has 0 bridgehead atoms. The first kappa shape index (κ1) is 14.2. The summed E-state index contributed by atoms with van der Waals surface area (Å²) in [6.07, 6.45) is 3.64. The van der Waals surface area contributed by atoms with Gasteiger partial charge in [0, 0.05) is 12.1 Å². The average Bonchev–Trinajstić information content (AvgIpc) is 2.23. The molecule has 1 aromatic heterocycles. The Morgan fingerprint density at radius 1 is 1.28 bits per heavy atom. The molecule has 0 unspecified atom stereocenters. The molecule has 3 nitrogen and oxygen atoms in total. The highest BCUT2D eigenvalue weighted by atomic mass is 35.5. The second-order valence-corrected chi connectivity index (χ2v) is 6.09. The van der Waals surface area contributed by atoms with Gasteiger partial charge in [0.25, 0.3) is 0 Å². The van der Waals surface area contributed by atoms with Crippen LogP contribution in [0.2, 0.25) is 15.2 Å². The van der Waals surface area contributed by atoms with Gasteiger partial charge in [0.1, 0.15) is 11.0 Å². The summed E-state index contributed by atoms with van der Waals surface area (Å²) in [6, 6.07) is 1.61. The fourth-order valence-electron chi connectivity index (χ4n) is 2.18. The van der Waals surface area contributed by atoms with Crippen molar-refractivity contribution in [3.63, 3.8) is 0 Å². The predicted molar refractivity (Wildman–Crippen MR) is 78.0 cm³/mol. The number of pyridine rings is 1. The molecule has 1 N–H and O–H groups in total. The lowest BCUT2D eigenvalue weighted by Gasteiger charge is -2.47. The minimum absolute atomic E-state index is 0.205. The van der Waals surface area contributed by atoms with E-state index in [-0.39, 0.29) is 10.7 Å². The van der Waals surface area contributed by atoms with Crippen LogP contribution in [0.1, 0.15) is 19.3 Å². The minimum atomic E-state index is 0.205. The summed E-state index contributed by atoms with van der Waals surface area (Å²) in [7, 11) is 4.20. The molecule has 100 valence electrons. The van der Waals surface area contributed by atoms with Crippen molar-refractivity contribution >= 4 is 40.6 Å². The van der Waals surface area contributed by atoms with Gasteiger partial charge in [-0.2, -0.15) is 0 Å². The summed E-state index contributed by atoms with van der Waals surface area (Å²) in [5.41, 5.74) is 0.205. The first-order chi connectivity index (χ1) is 8.44.